The molecule has 224 valence electrons. The topological polar surface area (TPSA) is 102 Å². The number of pyridine rings is 1. The van der Waals surface area contributed by atoms with Gasteiger partial charge in [0.2, 0.25) is 5.43 Å². The molecule has 0 radical (unpaired) electrons. The number of amides is 2. The first-order chi connectivity index (χ1) is 20.6. The molecule has 2 bridgehead atoms. The van der Waals surface area contributed by atoms with Crippen molar-refractivity contribution in [2.45, 2.75) is 63.7 Å². The number of carbonyl (C=O) groups excluding carboxylic acids is 2. The molecule has 0 aliphatic carbocycles. The van der Waals surface area contributed by atoms with Gasteiger partial charge in [0, 0.05) is 43.8 Å². The molecule has 1 fully saturated rings. The van der Waals surface area contributed by atoms with Gasteiger partial charge in [-0.25, -0.2) is 13.2 Å². The van der Waals surface area contributed by atoms with E-state index in [0.717, 1.165) is 6.07 Å². The SMILES string of the molecule is CC1=NO[C@]2(C1)C[C@H](F)[C@H](C)N1C[C@H]2n2cc(C(=O)NCc3ccc(F)cc3F)c(=O)c(OCc3ccccc3)c2C1=O. The minimum atomic E-state index is -1.45. The Morgan fingerprint density at radius 1 is 1.19 bits per heavy atom. The van der Waals surface area contributed by atoms with Gasteiger partial charge in [0.05, 0.1) is 17.8 Å². The summed E-state index contributed by atoms with van der Waals surface area (Å²) in [4.78, 5) is 48.5. The summed E-state index contributed by atoms with van der Waals surface area (Å²) in [5.74, 6) is -3.46. The minimum Gasteiger partial charge on any atom is -0.483 e. The van der Waals surface area contributed by atoms with E-state index in [1.165, 1.54) is 21.7 Å². The highest BCUT2D eigenvalue weighted by molar-refractivity contribution is 5.99. The Hall–Kier alpha value is -4.61. The first kappa shape index (κ1) is 28.5. The first-order valence-corrected chi connectivity index (χ1v) is 13.9. The van der Waals surface area contributed by atoms with Crippen molar-refractivity contribution in [3.05, 3.63) is 99.0 Å². The van der Waals surface area contributed by atoms with E-state index in [0.29, 0.717) is 17.3 Å². The molecule has 1 spiro atoms. The second-order valence-corrected chi connectivity index (χ2v) is 11.2. The molecule has 2 amide bonds. The molecule has 1 N–H and O–H groups in total. The number of oxime groups is 1. The van der Waals surface area contributed by atoms with Crippen LogP contribution in [0, 0.1) is 11.6 Å². The van der Waals surface area contributed by atoms with Crippen LogP contribution in [0.15, 0.2) is 64.7 Å². The van der Waals surface area contributed by atoms with Gasteiger partial charge in [0.15, 0.2) is 17.0 Å². The largest absolute Gasteiger partial charge is 0.483 e. The summed E-state index contributed by atoms with van der Waals surface area (Å²) in [6.45, 7) is 3.01. The van der Waals surface area contributed by atoms with Gasteiger partial charge in [-0.15, -0.1) is 0 Å². The molecule has 43 heavy (non-hydrogen) atoms. The normalized spacial score (nSPS) is 24.2. The van der Waals surface area contributed by atoms with E-state index in [1.54, 1.807) is 38.1 Å². The Labute approximate surface area is 244 Å². The fourth-order valence-electron chi connectivity index (χ4n) is 6.07. The zero-order valence-electron chi connectivity index (χ0n) is 23.5. The number of aromatic nitrogens is 1. The molecule has 9 nitrogen and oxygen atoms in total. The van der Waals surface area contributed by atoms with Crippen LogP contribution in [0.3, 0.4) is 0 Å². The van der Waals surface area contributed by atoms with Crippen molar-refractivity contribution in [2.24, 2.45) is 5.16 Å². The van der Waals surface area contributed by atoms with Crippen molar-refractivity contribution in [3.63, 3.8) is 0 Å². The molecule has 4 atom stereocenters. The molecular weight excluding hydrogens is 565 g/mol. The van der Waals surface area contributed by atoms with Crippen molar-refractivity contribution in [3.8, 4) is 5.75 Å². The molecule has 2 aromatic carbocycles. The third kappa shape index (κ3) is 5.04. The van der Waals surface area contributed by atoms with E-state index in [2.05, 4.69) is 10.5 Å². The second-order valence-electron chi connectivity index (χ2n) is 11.2. The minimum absolute atomic E-state index is 0.0110. The lowest BCUT2D eigenvalue weighted by atomic mass is 9.83. The Morgan fingerprint density at radius 3 is 2.65 bits per heavy atom. The molecule has 0 unspecified atom stereocenters. The standard InChI is InChI=1S/C31H29F3N4O5/c1-17-11-31(43-36-17)12-24(34)18(2)37-15-25(31)38-14-22(29(40)35-13-20-8-9-21(32)10-23(20)33)27(39)28(26(38)30(37)41)42-16-19-6-4-3-5-7-19/h3-10,14,18,24-25H,11-13,15-16H2,1-2H3,(H,35,40)/t18-,24-,25+,31+/m0/s1. The van der Waals surface area contributed by atoms with E-state index in [9.17, 15) is 23.2 Å². The number of hydrogen-bond acceptors (Lipinski definition) is 6. The van der Waals surface area contributed by atoms with Crippen LogP contribution in [-0.4, -0.2) is 51.4 Å². The molecule has 1 aromatic heterocycles. The van der Waals surface area contributed by atoms with E-state index in [4.69, 9.17) is 9.57 Å². The van der Waals surface area contributed by atoms with E-state index in [-0.39, 0.29) is 55.1 Å². The average Bonchev–Trinajstić information content (AvgIpc) is 3.32. The van der Waals surface area contributed by atoms with Crippen LogP contribution in [0.5, 0.6) is 5.75 Å². The van der Waals surface area contributed by atoms with E-state index >= 15 is 4.39 Å². The maximum atomic E-state index is 15.6. The number of fused-ring (bicyclic) bond motifs is 5. The van der Waals surface area contributed by atoms with Gasteiger partial charge >= 0.3 is 0 Å². The number of benzene rings is 2. The van der Waals surface area contributed by atoms with Crippen molar-refractivity contribution in [1.29, 1.82) is 0 Å². The highest BCUT2D eigenvalue weighted by atomic mass is 19.1. The van der Waals surface area contributed by atoms with Crippen LogP contribution in [0.2, 0.25) is 0 Å². The third-order valence-electron chi connectivity index (χ3n) is 8.39. The second kappa shape index (κ2) is 10.9. The average molecular weight is 595 g/mol. The predicted molar refractivity (Wildman–Crippen MR) is 150 cm³/mol. The number of halogens is 3. The van der Waals surface area contributed by atoms with Crippen molar-refractivity contribution < 1.29 is 32.3 Å². The Balaban J connectivity index is 1.46. The summed E-state index contributed by atoms with van der Waals surface area (Å²) in [5, 5.41) is 6.61. The predicted octanol–water partition coefficient (Wildman–Crippen LogP) is 4.30. The highest BCUT2D eigenvalue weighted by Crippen LogP contribution is 2.47. The number of alkyl halides is 1. The fraction of sp³-hybridized carbons (Fsp3) is 0.355. The van der Waals surface area contributed by atoms with Crippen molar-refractivity contribution in [2.75, 3.05) is 6.54 Å². The van der Waals surface area contributed by atoms with Gasteiger partial charge in [0.1, 0.15) is 30.0 Å². The fourth-order valence-corrected chi connectivity index (χ4v) is 6.07. The molecule has 12 heteroatoms. The maximum Gasteiger partial charge on any atom is 0.274 e. The van der Waals surface area contributed by atoms with Gasteiger partial charge in [0.25, 0.3) is 11.8 Å². The molecule has 3 aliphatic heterocycles. The monoisotopic (exact) mass is 594 g/mol. The van der Waals surface area contributed by atoms with Crippen molar-refractivity contribution >= 4 is 17.5 Å². The van der Waals surface area contributed by atoms with Crippen molar-refractivity contribution in [1.82, 2.24) is 14.8 Å². The molecule has 3 aliphatic rings. The lowest BCUT2D eigenvalue weighted by Crippen LogP contribution is -2.52. The number of carbonyl (C=O) groups is 2. The molecule has 3 aromatic rings. The smallest absolute Gasteiger partial charge is 0.274 e. The molecule has 6 rings (SSSR count). The number of nitrogens with zero attached hydrogens (tertiary/aromatic N) is 3. The van der Waals surface area contributed by atoms with Gasteiger partial charge in [-0.05, 0) is 25.5 Å². The molecule has 1 saturated heterocycles. The van der Waals surface area contributed by atoms with Gasteiger partial charge in [-0.1, -0.05) is 41.6 Å². The lowest BCUT2D eigenvalue weighted by molar-refractivity contribution is -0.0726. The van der Waals surface area contributed by atoms with Crippen LogP contribution >= 0.6 is 0 Å². The molecular formula is C31H29F3N4O5. The van der Waals surface area contributed by atoms with E-state index in [1.807, 2.05) is 6.07 Å². The Bertz CT molecular complexity index is 1690. The highest BCUT2D eigenvalue weighted by Gasteiger charge is 2.56. The van der Waals surface area contributed by atoms with Gasteiger partial charge in [-0.3, -0.25) is 14.4 Å². The summed E-state index contributed by atoms with van der Waals surface area (Å²) >= 11 is 0. The lowest BCUT2D eigenvalue weighted by Gasteiger charge is -2.42. The van der Waals surface area contributed by atoms with Gasteiger partial charge < -0.3 is 24.4 Å². The van der Waals surface area contributed by atoms with Crippen LogP contribution < -0.4 is 15.5 Å². The maximum absolute atomic E-state index is 15.6. The van der Waals surface area contributed by atoms with Crippen LogP contribution in [-0.2, 0) is 18.0 Å². The molecule has 4 heterocycles. The number of nitrogens with one attached hydrogen (secondary N) is 1. The zero-order chi connectivity index (χ0) is 30.5. The number of ether oxygens (including phenoxy) is 1. The quantitative estimate of drug-likeness (QED) is 0.459. The number of hydrogen-bond donors (Lipinski definition) is 1. The summed E-state index contributed by atoms with van der Waals surface area (Å²) in [5.41, 5.74) is -1.16. The number of rotatable bonds is 6. The van der Waals surface area contributed by atoms with Crippen LogP contribution in [0.25, 0.3) is 0 Å². The molecule has 0 saturated carbocycles. The zero-order valence-corrected chi connectivity index (χ0v) is 23.5. The Kier molecular flexibility index (Phi) is 7.23. The first-order valence-electron chi connectivity index (χ1n) is 13.9. The van der Waals surface area contributed by atoms with Crippen LogP contribution in [0.1, 0.15) is 64.7 Å². The van der Waals surface area contributed by atoms with E-state index < -0.39 is 52.7 Å². The Morgan fingerprint density at radius 2 is 1.95 bits per heavy atom. The summed E-state index contributed by atoms with van der Waals surface area (Å²) in [7, 11) is 0. The van der Waals surface area contributed by atoms with Gasteiger partial charge in [-0.2, -0.15) is 0 Å². The van der Waals surface area contributed by atoms with Crippen LogP contribution in [0.4, 0.5) is 13.2 Å². The third-order valence-corrected chi connectivity index (χ3v) is 8.39. The summed E-state index contributed by atoms with van der Waals surface area (Å²) in [6.07, 6.45) is 0.0225. The summed E-state index contributed by atoms with van der Waals surface area (Å²) < 4.78 is 50.7. The summed E-state index contributed by atoms with van der Waals surface area (Å²) in [6, 6.07) is 10.4.